The average molecular weight is 423 g/mol. The van der Waals surface area contributed by atoms with Gasteiger partial charge in [-0.3, -0.25) is 14.3 Å². The first-order valence-electron chi connectivity index (χ1n) is 11.4. The van der Waals surface area contributed by atoms with Gasteiger partial charge in [0.25, 0.3) is 5.91 Å². The summed E-state index contributed by atoms with van der Waals surface area (Å²) in [6, 6.07) is 8.51. The summed E-state index contributed by atoms with van der Waals surface area (Å²) in [4.78, 5) is 26.2. The molecule has 6 nitrogen and oxygen atoms in total. The number of hydrogen-bond acceptors (Lipinski definition) is 3. The normalized spacial score (nSPS) is 26.2. The summed E-state index contributed by atoms with van der Waals surface area (Å²) >= 11 is 0. The molecular formula is C25H34N4O2. The van der Waals surface area contributed by atoms with Crippen molar-refractivity contribution >= 4 is 17.6 Å². The molecule has 6 heteroatoms. The van der Waals surface area contributed by atoms with Crippen LogP contribution in [-0.4, -0.2) is 27.6 Å². The van der Waals surface area contributed by atoms with E-state index in [4.69, 9.17) is 0 Å². The van der Waals surface area contributed by atoms with Gasteiger partial charge < -0.3 is 10.6 Å². The topological polar surface area (TPSA) is 76.0 Å². The second kappa shape index (κ2) is 8.13. The minimum atomic E-state index is -0.598. The van der Waals surface area contributed by atoms with Crippen LogP contribution in [0.2, 0.25) is 0 Å². The van der Waals surface area contributed by atoms with Gasteiger partial charge in [-0.25, -0.2) is 0 Å². The molecule has 2 aromatic rings. The Morgan fingerprint density at radius 2 is 1.77 bits per heavy atom. The second-order valence-corrected chi connectivity index (χ2v) is 10.3. The van der Waals surface area contributed by atoms with Gasteiger partial charge >= 0.3 is 0 Å². The van der Waals surface area contributed by atoms with Crippen LogP contribution >= 0.6 is 0 Å². The summed E-state index contributed by atoms with van der Waals surface area (Å²) < 4.78 is 1.76. The van der Waals surface area contributed by atoms with E-state index in [0.717, 1.165) is 42.8 Å². The number of hydrogen-bond donors (Lipinski definition) is 2. The Morgan fingerprint density at radius 1 is 1.13 bits per heavy atom. The third-order valence-electron chi connectivity index (χ3n) is 7.31. The molecule has 2 atom stereocenters. The van der Waals surface area contributed by atoms with Gasteiger partial charge in [0.15, 0.2) is 0 Å². The van der Waals surface area contributed by atoms with Gasteiger partial charge in [0.05, 0.1) is 5.69 Å². The molecule has 1 aromatic heterocycles. The van der Waals surface area contributed by atoms with Crippen LogP contribution in [0.5, 0.6) is 0 Å². The molecule has 0 spiro atoms. The Bertz CT molecular complexity index is 965. The zero-order valence-corrected chi connectivity index (χ0v) is 19.2. The number of carbonyl (C=O) groups is 2. The summed E-state index contributed by atoms with van der Waals surface area (Å²) in [5.41, 5.74) is 2.88. The van der Waals surface area contributed by atoms with Crippen molar-refractivity contribution in [2.45, 2.75) is 65.3 Å². The Balaban J connectivity index is 1.65. The standard InChI is InChI=1S/C25H34N4O2/c1-15-19-20(16-11-13-18(14-12-16)25(2,3)4)21(24(31)27-22(19)29(5)28-15)26-23(30)17-9-7-6-8-10-17/h6-10,16,18,20-21H,11-14H2,1-5H3,(H,26,30)(H,27,31)/t16?,18?,20-,21+/m1/s1. The molecule has 1 saturated carbocycles. The number of nitrogens with one attached hydrogen (secondary N) is 2. The van der Waals surface area contributed by atoms with Crippen LogP contribution in [0.4, 0.5) is 5.82 Å². The van der Waals surface area contributed by atoms with Gasteiger partial charge in [-0.05, 0) is 62.0 Å². The van der Waals surface area contributed by atoms with Crippen LogP contribution in [0.3, 0.4) is 0 Å². The van der Waals surface area contributed by atoms with Crippen molar-refractivity contribution in [2.24, 2.45) is 24.3 Å². The van der Waals surface area contributed by atoms with Crippen LogP contribution < -0.4 is 10.6 Å². The molecule has 0 bridgehead atoms. The number of nitrogens with zero attached hydrogens (tertiary/aromatic N) is 2. The molecule has 2 aliphatic rings. The third kappa shape index (κ3) is 4.12. The summed E-state index contributed by atoms with van der Waals surface area (Å²) in [5.74, 6) is 1.38. The lowest BCUT2D eigenvalue weighted by molar-refractivity contribution is -0.119. The first-order chi connectivity index (χ1) is 14.7. The van der Waals surface area contributed by atoms with Crippen molar-refractivity contribution in [1.29, 1.82) is 0 Å². The molecule has 2 heterocycles. The Labute approximate surface area is 184 Å². The first kappa shape index (κ1) is 21.6. The van der Waals surface area contributed by atoms with E-state index in [1.54, 1.807) is 16.8 Å². The van der Waals surface area contributed by atoms with Crippen LogP contribution in [0.25, 0.3) is 0 Å². The quantitative estimate of drug-likeness (QED) is 0.769. The summed E-state index contributed by atoms with van der Waals surface area (Å²) in [5, 5.41) is 10.7. The number of benzene rings is 1. The van der Waals surface area contributed by atoms with Crippen molar-refractivity contribution in [2.75, 3.05) is 5.32 Å². The molecule has 0 radical (unpaired) electrons. The molecule has 1 aliphatic heterocycles. The molecule has 1 fully saturated rings. The van der Waals surface area contributed by atoms with E-state index in [1.807, 2.05) is 32.2 Å². The fourth-order valence-corrected chi connectivity index (χ4v) is 5.57. The first-order valence-corrected chi connectivity index (χ1v) is 11.4. The maximum Gasteiger partial charge on any atom is 0.251 e. The molecule has 1 aromatic carbocycles. The van der Waals surface area contributed by atoms with Gasteiger partial charge in [0.2, 0.25) is 5.91 Å². The molecule has 31 heavy (non-hydrogen) atoms. The van der Waals surface area contributed by atoms with Crippen molar-refractivity contribution in [3.63, 3.8) is 0 Å². The highest BCUT2D eigenvalue weighted by Crippen LogP contribution is 2.48. The van der Waals surface area contributed by atoms with E-state index in [0.29, 0.717) is 22.8 Å². The van der Waals surface area contributed by atoms with E-state index in [2.05, 4.69) is 36.5 Å². The minimum Gasteiger partial charge on any atom is -0.340 e. The molecule has 0 saturated heterocycles. The van der Waals surface area contributed by atoms with Crippen molar-refractivity contribution in [3.05, 3.63) is 47.2 Å². The molecule has 4 rings (SSSR count). The lowest BCUT2D eigenvalue weighted by Crippen LogP contribution is -2.52. The largest absolute Gasteiger partial charge is 0.340 e. The molecular weight excluding hydrogens is 388 g/mol. The number of aryl methyl sites for hydroxylation is 2. The van der Waals surface area contributed by atoms with Gasteiger partial charge in [-0.1, -0.05) is 39.0 Å². The Morgan fingerprint density at radius 3 is 2.39 bits per heavy atom. The molecule has 2 amide bonds. The van der Waals surface area contributed by atoms with Crippen molar-refractivity contribution in [3.8, 4) is 0 Å². The zero-order chi connectivity index (χ0) is 22.3. The molecule has 1 aliphatic carbocycles. The van der Waals surface area contributed by atoms with Crippen LogP contribution in [0, 0.1) is 24.2 Å². The van der Waals surface area contributed by atoms with Gasteiger partial charge in [-0.15, -0.1) is 0 Å². The highest BCUT2D eigenvalue weighted by Gasteiger charge is 2.45. The van der Waals surface area contributed by atoms with E-state index < -0.39 is 6.04 Å². The van der Waals surface area contributed by atoms with Gasteiger partial charge in [0, 0.05) is 24.1 Å². The SMILES string of the molecule is Cc1nn(C)c2c1[C@@H](C1CCC(C(C)(C)C)CC1)[C@H](NC(=O)c1ccccc1)C(=O)N2. The molecule has 2 N–H and O–H groups in total. The van der Waals surface area contributed by atoms with Crippen LogP contribution in [0.1, 0.15) is 74.0 Å². The highest BCUT2D eigenvalue weighted by molar-refractivity contribution is 6.03. The predicted octanol–water partition coefficient (Wildman–Crippen LogP) is 4.42. The van der Waals surface area contributed by atoms with Gasteiger partial charge in [0.1, 0.15) is 11.9 Å². The lowest BCUT2D eigenvalue weighted by atomic mass is 9.64. The lowest BCUT2D eigenvalue weighted by Gasteiger charge is -2.43. The van der Waals surface area contributed by atoms with Crippen LogP contribution in [-0.2, 0) is 11.8 Å². The highest BCUT2D eigenvalue weighted by atomic mass is 16.2. The number of rotatable bonds is 3. The van der Waals surface area contributed by atoms with Crippen molar-refractivity contribution < 1.29 is 9.59 Å². The fraction of sp³-hybridized carbons (Fsp3) is 0.560. The third-order valence-corrected chi connectivity index (χ3v) is 7.31. The summed E-state index contributed by atoms with van der Waals surface area (Å²) in [6.07, 6.45) is 4.43. The Hall–Kier alpha value is -2.63. The van der Waals surface area contributed by atoms with Gasteiger partial charge in [-0.2, -0.15) is 5.10 Å². The smallest absolute Gasteiger partial charge is 0.251 e. The van der Waals surface area contributed by atoms with E-state index >= 15 is 0 Å². The maximum absolute atomic E-state index is 13.2. The van der Waals surface area contributed by atoms with E-state index in [-0.39, 0.29) is 17.7 Å². The fourth-order valence-electron chi connectivity index (χ4n) is 5.57. The van der Waals surface area contributed by atoms with Crippen molar-refractivity contribution in [1.82, 2.24) is 15.1 Å². The second-order valence-electron chi connectivity index (χ2n) is 10.3. The summed E-state index contributed by atoms with van der Waals surface area (Å²) in [7, 11) is 1.86. The molecule has 0 unspecified atom stereocenters. The number of anilines is 1. The van der Waals surface area contributed by atoms with E-state index in [9.17, 15) is 9.59 Å². The zero-order valence-electron chi connectivity index (χ0n) is 19.2. The van der Waals surface area contributed by atoms with Crippen LogP contribution in [0.15, 0.2) is 30.3 Å². The Kier molecular flexibility index (Phi) is 5.67. The summed E-state index contributed by atoms with van der Waals surface area (Å²) in [6.45, 7) is 8.95. The number of fused-ring (bicyclic) bond motifs is 1. The van der Waals surface area contributed by atoms with E-state index in [1.165, 1.54) is 0 Å². The maximum atomic E-state index is 13.2. The number of amides is 2. The number of aromatic nitrogens is 2. The average Bonchev–Trinajstić information content (AvgIpc) is 3.01. The minimum absolute atomic E-state index is 0.0639. The molecule has 166 valence electrons. The number of carbonyl (C=O) groups excluding carboxylic acids is 2. The predicted molar refractivity (Wildman–Crippen MR) is 122 cm³/mol. The monoisotopic (exact) mass is 422 g/mol.